The van der Waals surface area contributed by atoms with Gasteiger partial charge in [-0.25, -0.2) is 9.59 Å². The van der Waals surface area contributed by atoms with E-state index in [0.717, 1.165) is 12.8 Å². The molecule has 0 aliphatic heterocycles. The molecule has 1 rings (SSSR count). The number of hydrogen-bond acceptors (Lipinski definition) is 11. The second kappa shape index (κ2) is 17.6. The molecule has 0 fully saturated rings. The molecule has 0 amide bonds. The number of ether oxygens (including phenoxy) is 6. The predicted molar refractivity (Wildman–Crippen MR) is 156 cm³/mol. The van der Waals surface area contributed by atoms with Crippen LogP contribution in [0.3, 0.4) is 0 Å². The molecule has 11 heteroatoms. The van der Waals surface area contributed by atoms with E-state index in [2.05, 4.69) is 0 Å². The van der Waals surface area contributed by atoms with E-state index in [1.807, 2.05) is 34.6 Å². The summed E-state index contributed by atoms with van der Waals surface area (Å²) in [7, 11) is 0. The molecule has 0 aliphatic rings. The number of carbonyl (C=O) groups is 4. The molecular formula is C31H49NO10. The van der Waals surface area contributed by atoms with E-state index >= 15 is 0 Å². The number of hydrogen-bond donors (Lipinski definition) is 1. The molecule has 0 aliphatic carbocycles. The highest BCUT2D eigenvalue weighted by atomic mass is 16.7. The smallest absolute Gasteiger partial charge is 0.458 e. The van der Waals surface area contributed by atoms with Crippen molar-refractivity contribution in [3.63, 3.8) is 0 Å². The molecule has 0 saturated carbocycles. The number of carbonyl (C=O) groups excluding carboxylic acids is 4. The van der Waals surface area contributed by atoms with Gasteiger partial charge in [-0.15, -0.1) is 0 Å². The Kier molecular flexibility index (Phi) is 15.4. The summed E-state index contributed by atoms with van der Waals surface area (Å²) in [5.41, 5.74) is 5.96. The minimum Gasteiger partial charge on any atom is -0.458 e. The molecule has 0 aromatic heterocycles. The van der Waals surface area contributed by atoms with E-state index in [1.54, 1.807) is 33.8 Å². The molecule has 1 aromatic carbocycles. The van der Waals surface area contributed by atoms with E-state index < -0.39 is 41.9 Å². The van der Waals surface area contributed by atoms with Crippen molar-refractivity contribution in [1.29, 1.82) is 0 Å². The lowest BCUT2D eigenvalue weighted by Crippen LogP contribution is -2.40. The first kappa shape index (κ1) is 36.7. The lowest BCUT2D eigenvalue weighted by atomic mass is 9.90. The van der Waals surface area contributed by atoms with Crippen molar-refractivity contribution in [3.8, 4) is 11.5 Å². The zero-order chi connectivity index (χ0) is 32.0. The van der Waals surface area contributed by atoms with Crippen LogP contribution in [0.5, 0.6) is 11.5 Å². The molecule has 5 atom stereocenters. The van der Waals surface area contributed by atoms with Crippen LogP contribution in [-0.2, 0) is 35.0 Å². The van der Waals surface area contributed by atoms with Crippen LogP contribution in [0.1, 0.15) is 87.1 Å². The normalized spacial score (nSPS) is 14.9. The van der Waals surface area contributed by atoms with Crippen LogP contribution >= 0.6 is 0 Å². The summed E-state index contributed by atoms with van der Waals surface area (Å²) in [6.45, 7) is 16.8. The third-order valence-corrected chi connectivity index (χ3v) is 7.21. The van der Waals surface area contributed by atoms with Gasteiger partial charge in [-0.05, 0) is 70.1 Å². The number of benzene rings is 1. The largest absolute Gasteiger partial charge is 0.513 e. The maximum atomic E-state index is 12.7. The van der Waals surface area contributed by atoms with Crippen LogP contribution in [0, 0.1) is 17.3 Å². The van der Waals surface area contributed by atoms with Crippen molar-refractivity contribution < 1.29 is 47.6 Å². The van der Waals surface area contributed by atoms with Gasteiger partial charge in [0, 0.05) is 0 Å². The fraction of sp³-hybridized carbons (Fsp3) is 0.677. The van der Waals surface area contributed by atoms with Gasteiger partial charge in [0.05, 0.1) is 18.6 Å². The van der Waals surface area contributed by atoms with E-state index in [9.17, 15) is 19.2 Å². The van der Waals surface area contributed by atoms with Crippen molar-refractivity contribution in [1.82, 2.24) is 0 Å². The topological polar surface area (TPSA) is 150 Å². The SMILES string of the molecule is CCC(C)COC(=O)Oc1ccc(C[C@H](N)C(=O)O[C@@H](C)C(C)OC(=O)C(C)(C)CC)cc1OC(=O)OCC(C)CC. The first-order valence-electron chi connectivity index (χ1n) is 14.6. The van der Waals surface area contributed by atoms with Crippen molar-refractivity contribution in [2.75, 3.05) is 13.2 Å². The lowest BCUT2D eigenvalue weighted by molar-refractivity contribution is -0.172. The van der Waals surface area contributed by atoms with Gasteiger partial charge in [0.1, 0.15) is 18.2 Å². The summed E-state index contributed by atoms with van der Waals surface area (Å²) in [5.74, 6) is -0.978. The van der Waals surface area contributed by atoms with Crippen LogP contribution in [0.4, 0.5) is 9.59 Å². The Balaban J connectivity index is 2.97. The fourth-order valence-corrected chi connectivity index (χ4v) is 3.01. The Morgan fingerprint density at radius 1 is 0.786 bits per heavy atom. The third-order valence-electron chi connectivity index (χ3n) is 7.21. The maximum absolute atomic E-state index is 12.7. The van der Waals surface area contributed by atoms with Crippen molar-refractivity contribution in [2.45, 2.75) is 106 Å². The summed E-state index contributed by atoms with van der Waals surface area (Å²) < 4.78 is 31.9. The summed E-state index contributed by atoms with van der Waals surface area (Å²) >= 11 is 0. The first-order valence-corrected chi connectivity index (χ1v) is 14.6. The van der Waals surface area contributed by atoms with Crippen LogP contribution < -0.4 is 15.2 Å². The number of esters is 2. The van der Waals surface area contributed by atoms with Crippen LogP contribution in [0.25, 0.3) is 0 Å². The van der Waals surface area contributed by atoms with Gasteiger partial charge in [0.2, 0.25) is 0 Å². The molecule has 1 aromatic rings. The average molecular weight is 596 g/mol. The minimum atomic E-state index is -1.08. The lowest BCUT2D eigenvalue weighted by Gasteiger charge is -2.27. The van der Waals surface area contributed by atoms with Gasteiger partial charge in [0.25, 0.3) is 0 Å². The predicted octanol–water partition coefficient (Wildman–Crippen LogP) is 5.98. The molecule has 11 nitrogen and oxygen atoms in total. The first-order chi connectivity index (χ1) is 19.6. The highest BCUT2D eigenvalue weighted by Crippen LogP contribution is 2.30. The van der Waals surface area contributed by atoms with Gasteiger partial charge < -0.3 is 34.2 Å². The molecule has 0 radical (unpaired) electrons. The zero-order valence-corrected chi connectivity index (χ0v) is 26.5. The second-order valence-electron chi connectivity index (χ2n) is 11.4. The molecule has 0 heterocycles. The molecule has 238 valence electrons. The van der Waals surface area contributed by atoms with Crippen molar-refractivity contribution in [2.24, 2.45) is 23.0 Å². The minimum absolute atomic E-state index is 0.0135. The standard InChI is InChI=1S/C31H49NO10/c1-10-19(4)17-37-29(35)41-25-14-13-23(16-26(25)42-30(36)38-18-20(5)11-2)15-24(32)27(33)39-21(6)22(7)40-28(34)31(8,9)12-3/h13-14,16,19-22,24H,10-12,15,17-18,32H2,1-9H3/t19?,20?,21-,22?,24-/m0/s1. The highest BCUT2D eigenvalue weighted by molar-refractivity contribution is 5.77. The Labute approximate surface area is 249 Å². The van der Waals surface area contributed by atoms with E-state index in [4.69, 9.17) is 34.2 Å². The molecule has 0 saturated heterocycles. The van der Waals surface area contributed by atoms with E-state index in [0.29, 0.717) is 12.0 Å². The Morgan fingerprint density at radius 3 is 1.79 bits per heavy atom. The van der Waals surface area contributed by atoms with Gasteiger partial charge in [0.15, 0.2) is 11.5 Å². The molecule has 3 unspecified atom stereocenters. The summed E-state index contributed by atoms with van der Waals surface area (Å²) in [6.07, 6.45) is -1.11. The van der Waals surface area contributed by atoms with Gasteiger partial charge in [-0.1, -0.05) is 53.5 Å². The van der Waals surface area contributed by atoms with Crippen molar-refractivity contribution in [3.05, 3.63) is 23.8 Å². The number of nitrogens with two attached hydrogens (primary N) is 1. The van der Waals surface area contributed by atoms with E-state index in [-0.39, 0.29) is 48.9 Å². The van der Waals surface area contributed by atoms with Crippen LogP contribution in [0.2, 0.25) is 0 Å². The molecule has 42 heavy (non-hydrogen) atoms. The summed E-state index contributed by atoms with van der Waals surface area (Å²) in [5, 5.41) is 0. The van der Waals surface area contributed by atoms with E-state index in [1.165, 1.54) is 12.1 Å². The quantitative estimate of drug-likeness (QED) is 0.137. The zero-order valence-electron chi connectivity index (χ0n) is 26.5. The molecular weight excluding hydrogens is 546 g/mol. The molecule has 2 N–H and O–H groups in total. The van der Waals surface area contributed by atoms with Gasteiger partial charge in [-0.2, -0.15) is 0 Å². The third kappa shape index (κ3) is 12.7. The monoisotopic (exact) mass is 595 g/mol. The highest BCUT2D eigenvalue weighted by Gasteiger charge is 2.31. The van der Waals surface area contributed by atoms with Gasteiger partial charge in [-0.3, -0.25) is 9.59 Å². The van der Waals surface area contributed by atoms with Crippen molar-refractivity contribution >= 4 is 24.2 Å². The Hall–Kier alpha value is -3.34. The van der Waals surface area contributed by atoms with Crippen LogP contribution in [0.15, 0.2) is 18.2 Å². The Bertz CT molecular complexity index is 1040. The average Bonchev–Trinajstić information content (AvgIpc) is 2.95. The molecule has 0 spiro atoms. The fourth-order valence-electron chi connectivity index (χ4n) is 3.01. The summed E-state index contributed by atoms with van der Waals surface area (Å²) in [6, 6.07) is 3.33. The Morgan fingerprint density at radius 2 is 1.29 bits per heavy atom. The maximum Gasteiger partial charge on any atom is 0.513 e. The second-order valence-corrected chi connectivity index (χ2v) is 11.4. The van der Waals surface area contributed by atoms with Gasteiger partial charge >= 0.3 is 24.2 Å². The molecule has 0 bridgehead atoms. The van der Waals surface area contributed by atoms with Crippen LogP contribution in [-0.4, -0.2) is 55.7 Å². The number of rotatable bonds is 16. The summed E-state index contributed by atoms with van der Waals surface area (Å²) in [4.78, 5) is 49.7.